The van der Waals surface area contributed by atoms with Gasteiger partial charge in [0.2, 0.25) is 5.91 Å². The van der Waals surface area contributed by atoms with Crippen LogP contribution in [0.3, 0.4) is 0 Å². The third-order valence-electron chi connectivity index (χ3n) is 4.99. The summed E-state index contributed by atoms with van der Waals surface area (Å²) in [5.74, 6) is -0.0645. The van der Waals surface area contributed by atoms with Gasteiger partial charge in [-0.3, -0.25) is 4.79 Å². The van der Waals surface area contributed by atoms with Crippen molar-refractivity contribution in [1.29, 1.82) is 0 Å². The third-order valence-corrected chi connectivity index (χ3v) is 5.58. The first-order valence-corrected chi connectivity index (χ1v) is 10.9. The second-order valence-electron chi connectivity index (χ2n) is 7.32. The molecule has 0 heterocycles. The molecule has 4 nitrogen and oxygen atoms in total. The largest absolute Gasteiger partial charge is 0.488 e. The van der Waals surface area contributed by atoms with Gasteiger partial charge in [-0.1, -0.05) is 71.7 Å². The van der Waals surface area contributed by atoms with Gasteiger partial charge in [-0.05, 0) is 46.7 Å². The maximum absolute atomic E-state index is 13.0. The van der Waals surface area contributed by atoms with Gasteiger partial charge in [0.1, 0.15) is 18.2 Å². The summed E-state index contributed by atoms with van der Waals surface area (Å²) in [5, 5.41) is 7.13. The van der Waals surface area contributed by atoms with Crippen molar-refractivity contribution in [1.82, 2.24) is 5.43 Å². The summed E-state index contributed by atoms with van der Waals surface area (Å²) in [6.07, 6.45) is 1.65. The van der Waals surface area contributed by atoms with E-state index in [1.807, 2.05) is 42.5 Å². The number of halogens is 3. The molecule has 0 aliphatic carbocycles. The van der Waals surface area contributed by atoms with E-state index in [-0.39, 0.29) is 24.8 Å². The maximum atomic E-state index is 13.0. The Morgan fingerprint density at radius 2 is 1.79 bits per heavy atom. The van der Waals surface area contributed by atoms with Crippen molar-refractivity contribution in [2.24, 2.45) is 5.10 Å². The number of hydrogen-bond donors (Lipinski definition) is 1. The zero-order valence-electron chi connectivity index (χ0n) is 17.4. The number of nitrogens with zero attached hydrogens (tertiary/aromatic N) is 1. The summed E-state index contributed by atoms with van der Waals surface area (Å²) < 4.78 is 19.1. The van der Waals surface area contributed by atoms with Crippen molar-refractivity contribution in [2.45, 2.75) is 13.0 Å². The van der Waals surface area contributed by atoms with Crippen LogP contribution in [0.5, 0.6) is 5.75 Å². The molecule has 4 rings (SSSR count). The van der Waals surface area contributed by atoms with E-state index in [2.05, 4.69) is 10.5 Å². The fourth-order valence-electron chi connectivity index (χ4n) is 3.32. The monoisotopic (exact) mass is 480 g/mol. The topological polar surface area (TPSA) is 50.7 Å². The average molecular weight is 481 g/mol. The molecule has 33 heavy (non-hydrogen) atoms. The maximum Gasteiger partial charge on any atom is 0.244 e. The standard InChI is InChI=1S/C26H19Cl2FN2O2/c27-20-9-7-19(24(28)14-20)16-33-25-12-8-18-3-1-2-4-22(18)23(25)15-30-31-26(32)13-17-5-10-21(29)11-6-17/h1-12,14-15H,13,16H2,(H,31,32)/b30-15+. The van der Waals surface area contributed by atoms with E-state index in [1.165, 1.54) is 12.1 Å². The van der Waals surface area contributed by atoms with Gasteiger partial charge in [-0.15, -0.1) is 0 Å². The minimum Gasteiger partial charge on any atom is -0.488 e. The van der Waals surface area contributed by atoms with Crippen LogP contribution >= 0.6 is 23.2 Å². The van der Waals surface area contributed by atoms with Gasteiger partial charge in [0.15, 0.2) is 0 Å². The number of nitrogens with one attached hydrogen (secondary N) is 1. The molecule has 7 heteroatoms. The molecule has 1 amide bonds. The van der Waals surface area contributed by atoms with E-state index >= 15 is 0 Å². The molecule has 4 aromatic carbocycles. The minimum absolute atomic E-state index is 0.0889. The Morgan fingerprint density at radius 1 is 1.00 bits per heavy atom. The summed E-state index contributed by atoms with van der Waals surface area (Å²) in [5.41, 5.74) is 4.73. The highest BCUT2D eigenvalue weighted by Crippen LogP contribution is 2.29. The second kappa shape index (κ2) is 10.5. The molecule has 0 spiro atoms. The molecule has 0 saturated heterocycles. The lowest BCUT2D eigenvalue weighted by Crippen LogP contribution is -2.19. The molecule has 0 saturated carbocycles. The summed E-state index contributed by atoms with van der Waals surface area (Å²) in [7, 11) is 0. The van der Waals surface area contributed by atoms with Crippen LogP contribution in [-0.2, 0) is 17.8 Å². The van der Waals surface area contributed by atoms with E-state index < -0.39 is 0 Å². The number of ether oxygens (including phenoxy) is 1. The smallest absolute Gasteiger partial charge is 0.244 e. The highest BCUT2D eigenvalue weighted by molar-refractivity contribution is 6.35. The Labute approximate surface area is 200 Å². The molecule has 0 atom stereocenters. The number of carbonyl (C=O) groups excluding carboxylic acids is 1. The lowest BCUT2D eigenvalue weighted by Gasteiger charge is -2.13. The first-order valence-electron chi connectivity index (χ1n) is 10.1. The van der Waals surface area contributed by atoms with Gasteiger partial charge >= 0.3 is 0 Å². The lowest BCUT2D eigenvalue weighted by molar-refractivity contribution is -0.120. The predicted octanol–water partition coefficient (Wildman–Crippen LogP) is 6.56. The lowest BCUT2D eigenvalue weighted by atomic mass is 10.0. The van der Waals surface area contributed by atoms with Crippen LogP contribution in [0.25, 0.3) is 10.8 Å². The molecule has 0 radical (unpaired) electrons. The van der Waals surface area contributed by atoms with Crippen LogP contribution in [-0.4, -0.2) is 12.1 Å². The first-order chi connectivity index (χ1) is 16.0. The molecule has 4 aromatic rings. The van der Waals surface area contributed by atoms with E-state index in [4.69, 9.17) is 27.9 Å². The van der Waals surface area contributed by atoms with Crippen molar-refractivity contribution in [3.8, 4) is 5.75 Å². The van der Waals surface area contributed by atoms with Gasteiger partial charge in [-0.25, -0.2) is 9.82 Å². The third kappa shape index (κ3) is 5.89. The van der Waals surface area contributed by atoms with E-state index in [1.54, 1.807) is 30.5 Å². The Balaban J connectivity index is 1.53. The number of hydrazone groups is 1. The first kappa shape index (κ1) is 22.8. The fourth-order valence-corrected chi connectivity index (χ4v) is 3.79. The van der Waals surface area contributed by atoms with Crippen molar-refractivity contribution < 1.29 is 13.9 Å². The summed E-state index contributed by atoms with van der Waals surface area (Å²) >= 11 is 12.2. The van der Waals surface area contributed by atoms with E-state index in [9.17, 15) is 9.18 Å². The Morgan fingerprint density at radius 3 is 2.58 bits per heavy atom. The number of fused-ring (bicyclic) bond motifs is 1. The molecule has 1 N–H and O–H groups in total. The van der Waals surface area contributed by atoms with Crippen LogP contribution in [0.1, 0.15) is 16.7 Å². The van der Waals surface area contributed by atoms with Crippen LogP contribution in [0, 0.1) is 5.82 Å². The summed E-state index contributed by atoms with van der Waals surface area (Å²) in [4.78, 5) is 12.2. The molecule has 0 aromatic heterocycles. The predicted molar refractivity (Wildman–Crippen MR) is 131 cm³/mol. The van der Waals surface area contributed by atoms with Crippen LogP contribution in [0.4, 0.5) is 4.39 Å². The molecule has 0 unspecified atom stereocenters. The molecular weight excluding hydrogens is 462 g/mol. The van der Waals surface area contributed by atoms with Gasteiger partial charge in [0.25, 0.3) is 0 Å². The zero-order chi connectivity index (χ0) is 23.2. The number of amides is 1. The van der Waals surface area contributed by atoms with E-state index in [0.717, 1.165) is 21.9 Å². The molecular formula is C26H19Cl2FN2O2. The van der Waals surface area contributed by atoms with Crippen LogP contribution < -0.4 is 10.2 Å². The highest BCUT2D eigenvalue weighted by Gasteiger charge is 2.10. The molecule has 0 aliphatic rings. The molecule has 0 aliphatic heterocycles. The Hall–Kier alpha value is -3.41. The van der Waals surface area contributed by atoms with Crippen molar-refractivity contribution in [3.05, 3.63) is 111 Å². The molecule has 0 fully saturated rings. The highest BCUT2D eigenvalue weighted by atomic mass is 35.5. The second-order valence-corrected chi connectivity index (χ2v) is 8.16. The quantitative estimate of drug-likeness (QED) is 0.240. The minimum atomic E-state index is -0.347. The van der Waals surface area contributed by atoms with Gasteiger partial charge in [0.05, 0.1) is 12.6 Å². The SMILES string of the molecule is O=C(Cc1ccc(F)cc1)N/N=C/c1c(OCc2ccc(Cl)cc2Cl)ccc2ccccc12. The summed E-state index contributed by atoms with van der Waals surface area (Å²) in [6.45, 7) is 0.242. The van der Waals surface area contributed by atoms with Gasteiger partial charge < -0.3 is 4.74 Å². The average Bonchev–Trinajstić information content (AvgIpc) is 2.80. The van der Waals surface area contributed by atoms with E-state index in [0.29, 0.717) is 21.4 Å². The number of rotatable bonds is 7. The van der Waals surface area contributed by atoms with Gasteiger partial charge in [0, 0.05) is 21.2 Å². The molecule has 0 bridgehead atoms. The normalized spacial score (nSPS) is 11.1. The zero-order valence-corrected chi connectivity index (χ0v) is 18.9. The fraction of sp³-hybridized carbons (Fsp3) is 0.0769. The number of hydrogen-bond acceptors (Lipinski definition) is 3. The van der Waals surface area contributed by atoms with Crippen LogP contribution in [0.2, 0.25) is 10.0 Å². The summed E-state index contributed by atoms with van der Waals surface area (Å²) in [6, 6.07) is 22.6. The van der Waals surface area contributed by atoms with Crippen molar-refractivity contribution >= 4 is 46.1 Å². The van der Waals surface area contributed by atoms with Gasteiger partial charge in [-0.2, -0.15) is 5.10 Å². The Bertz CT molecular complexity index is 1320. The number of benzene rings is 4. The van der Waals surface area contributed by atoms with Crippen LogP contribution in [0.15, 0.2) is 84.0 Å². The van der Waals surface area contributed by atoms with Crippen molar-refractivity contribution in [2.75, 3.05) is 0 Å². The number of carbonyl (C=O) groups is 1. The molecule has 166 valence electrons. The Kier molecular flexibility index (Phi) is 7.23. The van der Waals surface area contributed by atoms with Crippen molar-refractivity contribution in [3.63, 3.8) is 0 Å².